The number of rotatable bonds is 6. The van der Waals surface area contributed by atoms with Gasteiger partial charge in [-0.3, -0.25) is 0 Å². The molecule has 6 heteroatoms. The van der Waals surface area contributed by atoms with Gasteiger partial charge in [0.1, 0.15) is 0 Å². The second-order valence-electron chi connectivity index (χ2n) is 6.14. The topological polar surface area (TPSA) is 54.2 Å². The Morgan fingerprint density at radius 3 is 2.70 bits per heavy atom. The van der Waals surface area contributed by atoms with Gasteiger partial charge in [0, 0.05) is 25.5 Å². The molecule has 3 rings (SSSR count). The summed E-state index contributed by atoms with van der Waals surface area (Å²) in [5.41, 5.74) is 4.77. The molecule has 2 N–H and O–H groups in total. The van der Waals surface area contributed by atoms with Gasteiger partial charge >= 0.3 is 0 Å². The van der Waals surface area contributed by atoms with E-state index in [1.54, 1.807) is 6.20 Å². The Morgan fingerprint density at radius 2 is 1.96 bits per heavy atom. The van der Waals surface area contributed by atoms with E-state index < -0.39 is 0 Å². The molecule has 0 spiro atoms. The maximum Gasteiger partial charge on any atom is 0.191 e. The predicted octanol–water partition coefficient (Wildman–Crippen LogP) is 4.05. The van der Waals surface area contributed by atoms with Crippen LogP contribution in [0.1, 0.15) is 23.6 Å². The van der Waals surface area contributed by atoms with E-state index in [2.05, 4.69) is 65.9 Å². The standard InChI is InChI=1S/C21H25N5.HI/c1-3-23-21(24-14-18-8-6-7-17(2)13-18)25-15-19-9-4-5-10-20(19)26-12-11-22-16-26;/h4-13,16H,3,14-15H2,1-2H3,(H2,23,24,25);1H. The molecule has 1 heterocycles. The summed E-state index contributed by atoms with van der Waals surface area (Å²) in [5, 5.41) is 6.74. The molecule has 2 aromatic carbocycles. The van der Waals surface area contributed by atoms with Crippen molar-refractivity contribution in [1.29, 1.82) is 0 Å². The van der Waals surface area contributed by atoms with Crippen LogP contribution in [0.15, 0.2) is 72.2 Å². The molecular weight excluding hydrogens is 449 g/mol. The van der Waals surface area contributed by atoms with Crippen molar-refractivity contribution in [3.05, 3.63) is 83.9 Å². The van der Waals surface area contributed by atoms with Crippen LogP contribution in [0.4, 0.5) is 0 Å². The molecule has 5 nitrogen and oxygen atoms in total. The fraction of sp³-hybridized carbons (Fsp3) is 0.238. The molecule has 0 radical (unpaired) electrons. The zero-order valence-electron chi connectivity index (χ0n) is 15.7. The Morgan fingerprint density at radius 1 is 1.11 bits per heavy atom. The van der Waals surface area contributed by atoms with Gasteiger partial charge in [-0.1, -0.05) is 48.0 Å². The Kier molecular flexibility index (Phi) is 8.32. The van der Waals surface area contributed by atoms with E-state index in [9.17, 15) is 0 Å². The normalized spacial score (nSPS) is 11.0. The quantitative estimate of drug-likeness (QED) is 0.321. The first-order valence-electron chi connectivity index (χ1n) is 8.90. The van der Waals surface area contributed by atoms with Crippen molar-refractivity contribution in [3.63, 3.8) is 0 Å². The SMILES string of the molecule is CCNC(=NCc1cccc(C)c1)NCc1ccccc1-n1ccnc1.I. The van der Waals surface area contributed by atoms with Gasteiger partial charge in [0.05, 0.1) is 18.6 Å². The lowest BCUT2D eigenvalue weighted by atomic mass is 10.1. The van der Waals surface area contributed by atoms with Crippen molar-refractivity contribution in [2.24, 2.45) is 4.99 Å². The molecule has 27 heavy (non-hydrogen) atoms. The summed E-state index contributed by atoms with van der Waals surface area (Å²) < 4.78 is 2.02. The van der Waals surface area contributed by atoms with E-state index in [4.69, 9.17) is 4.99 Å². The monoisotopic (exact) mass is 475 g/mol. The molecule has 0 aliphatic heterocycles. The third-order valence-corrected chi connectivity index (χ3v) is 4.07. The summed E-state index contributed by atoms with van der Waals surface area (Å²) in [7, 11) is 0. The van der Waals surface area contributed by atoms with E-state index in [0.717, 1.165) is 18.2 Å². The molecule has 1 aromatic heterocycles. The van der Waals surface area contributed by atoms with Crippen molar-refractivity contribution in [3.8, 4) is 5.69 Å². The maximum atomic E-state index is 4.71. The smallest absolute Gasteiger partial charge is 0.191 e. The minimum atomic E-state index is 0. The van der Waals surface area contributed by atoms with E-state index in [1.807, 2.05) is 29.2 Å². The van der Waals surface area contributed by atoms with Crippen LogP contribution in [0.3, 0.4) is 0 Å². The molecular formula is C21H26IN5. The summed E-state index contributed by atoms with van der Waals surface area (Å²) in [4.78, 5) is 8.85. The fourth-order valence-electron chi connectivity index (χ4n) is 2.82. The summed E-state index contributed by atoms with van der Waals surface area (Å²) in [6.45, 7) is 6.34. The number of halogens is 1. The van der Waals surface area contributed by atoms with Gasteiger partial charge in [-0.15, -0.1) is 24.0 Å². The van der Waals surface area contributed by atoms with Gasteiger partial charge in [0.2, 0.25) is 0 Å². The number of aryl methyl sites for hydroxylation is 1. The molecule has 142 valence electrons. The van der Waals surface area contributed by atoms with Gasteiger partial charge in [0.15, 0.2) is 5.96 Å². The Balaban J connectivity index is 0.00000261. The van der Waals surface area contributed by atoms with Gasteiger partial charge in [-0.05, 0) is 31.0 Å². The number of hydrogen-bond acceptors (Lipinski definition) is 2. The summed E-state index contributed by atoms with van der Waals surface area (Å²) in [6.07, 6.45) is 5.56. The van der Waals surface area contributed by atoms with Crippen LogP contribution in [0.2, 0.25) is 0 Å². The zero-order chi connectivity index (χ0) is 18.2. The molecule has 3 aromatic rings. The highest BCUT2D eigenvalue weighted by atomic mass is 127. The summed E-state index contributed by atoms with van der Waals surface area (Å²) in [6, 6.07) is 16.7. The van der Waals surface area contributed by atoms with Crippen LogP contribution in [-0.4, -0.2) is 22.1 Å². The minimum Gasteiger partial charge on any atom is -0.357 e. The molecule has 0 amide bonds. The first-order valence-corrected chi connectivity index (χ1v) is 8.90. The van der Waals surface area contributed by atoms with Crippen molar-refractivity contribution < 1.29 is 0 Å². The Hall–Kier alpha value is -2.35. The first kappa shape index (κ1) is 21.0. The lowest BCUT2D eigenvalue weighted by molar-refractivity contribution is 0.810. The second-order valence-corrected chi connectivity index (χ2v) is 6.14. The highest BCUT2D eigenvalue weighted by Gasteiger charge is 2.05. The van der Waals surface area contributed by atoms with Crippen molar-refractivity contribution in [2.75, 3.05) is 6.54 Å². The van der Waals surface area contributed by atoms with Crippen LogP contribution >= 0.6 is 24.0 Å². The van der Waals surface area contributed by atoms with Crippen LogP contribution in [0.5, 0.6) is 0 Å². The predicted molar refractivity (Wildman–Crippen MR) is 122 cm³/mol. The van der Waals surface area contributed by atoms with Gasteiger partial charge in [0.25, 0.3) is 0 Å². The average molecular weight is 475 g/mol. The highest BCUT2D eigenvalue weighted by Crippen LogP contribution is 2.13. The van der Waals surface area contributed by atoms with E-state index in [0.29, 0.717) is 13.1 Å². The largest absolute Gasteiger partial charge is 0.357 e. The number of para-hydroxylation sites is 1. The molecule has 0 atom stereocenters. The molecule has 0 fully saturated rings. The van der Waals surface area contributed by atoms with E-state index in [1.165, 1.54) is 16.7 Å². The van der Waals surface area contributed by atoms with Gasteiger partial charge < -0.3 is 15.2 Å². The molecule has 0 bridgehead atoms. The summed E-state index contributed by atoms with van der Waals surface area (Å²) >= 11 is 0. The second kappa shape index (κ2) is 10.7. The number of aromatic nitrogens is 2. The van der Waals surface area contributed by atoms with Gasteiger partial charge in [-0.2, -0.15) is 0 Å². The number of guanidine groups is 1. The van der Waals surface area contributed by atoms with Crippen LogP contribution in [-0.2, 0) is 13.1 Å². The number of nitrogens with one attached hydrogen (secondary N) is 2. The molecule has 0 saturated heterocycles. The lowest BCUT2D eigenvalue weighted by Gasteiger charge is -2.14. The number of nitrogens with zero attached hydrogens (tertiary/aromatic N) is 3. The fourth-order valence-corrected chi connectivity index (χ4v) is 2.82. The molecule has 0 aliphatic rings. The van der Waals surface area contributed by atoms with Crippen LogP contribution in [0, 0.1) is 6.92 Å². The zero-order valence-corrected chi connectivity index (χ0v) is 18.1. The Bertz CT molecular complexity index is 859. The molecule has 0 saturated carbocycles. The first-order chi connectivity index (χ1) is 12.8. The number of aliphatic imine (C=N–C) groups is 1. The van der Waals surface area contributed by atoms with E-state index in [-0.39, 0.29) is 24.0 Å². The number of imidazole rings is 1. The average Bonchev–Trinajstić information content (AvgIpc) is 3.19. The Labute approximate surface area is 178 Å². The van der Waals surface area contributed by atoms with Crippen LogP contribution in [0.25, 0.3) is 5.69 Å². The van der Waals surface area contributed by atoms with Crippen molar-refractivity contribution >= 4 is 29.9 Å². The third kappa shape index (κ3) is 6.09. The highest BCUT2D eigenvalue weighted by molar-refractivity contribution is 14.0. The van der Waals surface area contributed by atoms with Crippen molar-refractivity contribution in [2.45, 2.75) is 26.9 Å². The molecule has 0 unspecified atom stereocenters. The maximum absolute atomic E-state index is 4.71. The van der Waals surface area contributed by atoms with Gasteiger partial charge in [-0.25, -0.2) is 9.98 Å². The third-order valence-electron chi connectivity index (χ3n) is 4.07. The number of hydrogen-bond donors (Lipinski definition) is 2. The van der Waals surface area contributed by atoms with E-state index >= 15 is 0 Å². The summed E-state index contributed by atoms with van der Waals surface area (Å²) in [5.74, 6) is 0.814. The van der Waals surface area contributed by atoms with Crippen LogP contribution < -0.4 is 10.6 Å². The number of benzene rings is 2. The minimum absolute atomic E-state index is 0. The lowest BCUT2D eigenvalue weighted by Crippen LogP contribution is -2.37. The molecule has 0 aliphatic carbocycles. The van der Waals surface area contributed by atoms with Crippen molar-refractivity contribution in [1.82, 2.24) is 20.2 Å².